The first-order chi connectivity index (χ1) is 25.3. The van der Waals surface area contributed by atoms with Crippen molar-refractivity contribution in [3.05, 3.63) is 170 Å². The van der Waals surface area contributed by atoms with E-state index in [9.17, 15) is 0 Å². The number of hydrogen-bond donors (Lipinski definition) is 0. The minimum Gasteiger partial charge on any atom is -0.309 e. The molecule has 238 valence electrons. The van der Waals surface area contributed by atoms with Gasteiger partial charge in [0.1, 0.15) is 4.83 Å². The second-order valence-corrected chi connectivity index (χ2v) is 14.0. The molecule has 5 heteroatoms. The Balaban J connectivity index is 1.06. The molecule has 0 spiro atoms. The maximum Gasteiger partial charge on any atom is 0.161 e. The molecule has 0 fully saturated rings. The molecule has 51 heavy (non-hydrogen) atoms. The molecule has 0 bridgehead atoms. The van der Waals surface area contributed by atoms with Gasteiger partial charge in [0.2, 0.25) is 0 Å². The number of nitrogens with zero attached hydrogens (tertiary/aromatic N) is 4. The highest BCUT2D eigenvalue weighted by Crippen LogP contribution is 2.40. The second-order valence-electron chi connectivity index (χ2n) is 13.0. The summed E-state index contributed by atoms with van der Waals surface area (Å²) in [5.74, 6) is 0.726. The van der Waals surface area contributed by atoms with Gasteiger partial charge in [0.15, 0.2) is 5.82 Å². The van der Waals surface area contributed by atoms with Gasteiger partial charge in [-0.1, -0.05) is 103 Å². The number of fused-ring (bicyclic) bond motifs is 9. The highest BCUT2D eigenvalue weighted by atomic mass is 32.1. The number of aromatic nitrogens is 4. The van der Waals surface area contributed by atoms with Gasteiger partial charge in [-0.25, -0.2) is 9.97 Å². The zero-order valence-corrected chi connectivity index (χ0v) is 28.2. The maximum absolute atomic E-state index is 5.33. The summed E-state index contributed by atoms with van der Waals surface area (Å²) in [6.07, 6.45) is 0. The van der Waals surface area contributed by atoms with Crippen molar-refractivity contribution >= 4 is 75.3 Å². The van der Waals surface area contributed by atoms with Crippen LogP contribution in [0, 0.1) is 0 Å². The van der Waals surface area contributed by atoms with Crippen molar-refractivity contribution in [1.82, 2.24) is 19.1 Å². The molecule has 7 aromatic carbocycles. The molecular weight excluding hydrogens is 641 g/mol. The van der Waals surface area contributed by atoms with Crippen molar-refractivity contribution in [3.63, 3.8) is 0 Å². The van der Waals surface area contributed by atoms with E-state index in [0.29, 0.717) is 0 Å². The maximum atomic E-state index is 5.33. The Hall–Kier alpha value is -6.56. The van der Waals surface area contributed by atoms with E-state index in [-0.39, 0.29) is 0 Å². The van der Waals surface area contributed by atoms with Crippen LogP contribution in [0.4, 0.5) is 0 Å². The van der Waals surface area contributed by atoms with E-state index in [1.807, 2.05) is 0 Å². The summed E-state index contributed by atoms with van der Waals surface area (Å²) in [7, 11) is 0. The van der Waals surface area contributed by atoms with Gasteiger partial charge in [-0.05, 0) is 66.7 Å². The molecule has 11 aromatic rings. The lowest BCUT2D eigenvalue weighted by Crippen LogP contribution is -1.97. The van der Waals surface area contributed by atoms with Crippen LogP contribution >= 0.6 is 11.3 Å². The van der Waals surface area contributed by atoms with E-state index in [1.54, 1.807) is 11.3 Å². The average molecular weight is 669 g/mol. The van der Waals surface area contributed by atoms with Gasteiger partial charge >= 0.3 is 0 Å². The Bertz CT molecular complexity index is 3020. The van der Waals surface area contributed by atoms with Crippen LogP contribution in [0.2, 0.25) is 0 Å². The zero-order valence-electron chi connectivity index (χ0n) is 27.4. The molecule has 0 aliphatic rings. The molecule has 0 N–H and O–H groups in total. The Kier molecular flexibility index (Phi) is 6.09. The summed E-state index contributed by atoms with van der Waals surface area (Å²) in [4.78, 5) is 11.5. The standard InChI is InChI=1S/C46H28N4S/c1-6-16-38-33(11-1)34-12-2-7-17-39(34)49(38)31-25-21-29(22-26-31)44-43-37-15-5-10-20-42(37)51-46(43)48-45(47-44)30-23-27-32(28-24-30)50-40-18-8-3-13-35(40)36-14-4-9-19-41(36)50/h1-28H. The topological polar surface area (TPSA) is 35.6 Å². The molecule has 0 saturated heterocycles. The molecule has 0 aliphatic carbocycles. The van der Waals surface area contributed by atoms with Crippen LogP contribution in [0.1, 0.15) is 0 Å². The van der Waals surface area contributed by atoms with Crippen LogP contribution in [0.5, 0.6) is 0 Å². The van der Waals surface area contributed by atoms with Gasteiger partial charge in [-0.15, -0.1) is 11.3 Å². The first-order valence-electron chi connectivity index (χ1n) is 17.2. The summed E-state index contributed by atoms with van der Waals surface area (Å²) in [5, 5.41) is 7.31. The van der Waals surface area contributed by atoms with Crippen LogP contribution in [0.3, 0.4) is 0 Å². The van der Waals surface area contributed by atoms with Crippen LogP contribution in [-0.2, 0) is 0 Å². The number of para-hydroxylation sites is 4. The van der Waals surface area contributed by atoms with Crippen molar-refractivity contribution in [1.29, 1.82) is 0 Å². The van der Waals surface area contributed by atoms with E-state index in [1.165, 1.54) is 53.7 Å². The van der Waals surface area contributed by atoms with Crippen LogP contribution in [-0.4, -0.2) is 19.1 Å². The Morgan fingerprint density at radius 1 is 0.373 bits per heavy atom. The molecule has 0 atom stereocenters. The van der Waals surface area contributed by atoms with E-state index < -0.39 is 0 Å². The minimum absolute atomic E-state index is 0.726. The summed E-state index contributed by atoms with van der Waals surface area (Å²) in [6, 6.07) is 60.6. The smallest absolute Gasteiger partial charge is 0.161 e. The van der Waals surface area contributed by atoms with Crippen LogP contribution in [0.25, 0.3) is 97.9 Å². The fourth-order valence-electron chi connectivity index (χ4n) is 7.89. The lowest BCUT2D eigenvalue weighted by atomic mass is 10.0. The SMILES string of the molecule is c1ccc2c(c1)sc1nc(-c3ccc(-n4c5ccccc5c5ccccc54)cc3)nc(-c3ccc(-n4c5ccccc5c5ccccc54)cc3)c12. The van der Waals surface area contributed by atoms with E-state index in [2.05, 4.69) is 179 Å². The predicted octanol–water partition coefficient (Wildman–Crippen LogP) is 12.4. The Morgan fingerprint density at radius 2 is 0.784 bits per heavy atom. The first kappa shape index (κ1) is 28.3. The van der Waals surface area contributed by atoms with E-state index in [4.69, 9.17) is 9.97 Å². The predicted molar refractivity (Wildman–Crippen MR) is 214 cm³/mol. The summed E-state index contributed by atoms with van der Waals surface area (Å²) >= 11 is 1.73. The summed E-state index contributed by atoms with van der Waals surface area (Å²) in [5.41, 5.74) is 10.0. The Labute approximate surface area is 297 Å². The van der Waals surface area contributed by atoms with Gasteiger partial charge in [0, 0.05) is 59.5 Å². The largest absolute Gasteiger partial charge is 0.309 e. The van der Waals surface area contributed by atoms with Crippen molar-refractivity contribution in [3.8, 4) is 34.0 Å². The number of thiophene rings is 1. The summed E-state index contributed by atoms with van der Waals surface area (Å²) in [6.45, 7) is 0. The van der Waals surface area contributed by atoms with Crippen molar-refractivity contribution in [2.45, 2.75) is 0 Å². The molecule has 11 rings (SSSR count). The molecule has 4 nitrogen and oxygen atoms in total. The number of rotatable bonds is 4. The highest BCUT2D eigenvalue weighted by Gasteiger charge is 2.18. The van der Waals surface area contributed by atoms with Crippen LogP contribution in [0.15, 0.2) is 170 Å². The number of hydrogen-bond acceptors (Lipinski definition) is 3. The van der Waals surface area contributed by atoms with E-state index in [0.717, 1.165) is 44.2 Å². The molecule has 4 aromatic heterocycles. The van der Waals surface area contributed by atoms with Crippen LogP contribution < -0.4 is 0 Å². The van der Waals surface area contributed by atoms with Gasteiger partial charge in [0.25, 0.3) is 0 Å². The molecule has 4 heterocycles. The third-order valence-electron chi connectivity index (χ3n) is 10.2. The normalized spacial score (nSPS) is 11.9. The van der Waals surface area contributed by atoms with Crippen molar-refractivity contribution in [2.24, 2.45) is 0 Å². The second kappa shape index (κ2) is 11.0. The fourth-order valence-corrected chi connectivity index (χ4v) is 8.97. The summed E-state index contributed by atoms with van der Waals surface area (Å²) < 4.78 is 5.91. The molecule has 0 radical (unpaired) electrons. The van der Waals surface area contributed by atoms with E-state index >= 15 is 0 Å². The molecule has 0 amide bonds. The van der Waals surface area contributed by atoms with Gasteiger partial charge in [-0.3, -0.25) is 0 Å². The molecule has 0 aliphatic heterocycles. The number of benzene rings is 7. The van der Waals surface area contributed by atoms with Crippen molar-refractivity contribution < 1.29 is 0 Å². The fraction of sp³-hybridized carbons (Fsp3) is 0. The first-order valence-corrected chi connectivity index (χ1v) is 18.0. The molecule has 0 unspecified atom stereocenters. The lowest BCUT2D eigenvalue weighted by molar-refractivity contribution is 1.17. The minimum atomic E-state index is 0.726. The molecule has 0 saturated carbocycles. The molecular formula is C46H28N4S. The zero-order chi connectivity index (χ0) is 33.5. The lowest BCUT2D eigenvalue weighted by Gasteiger charge is -2.12. The van der Waals surface area contributed by atoms with Gasteiger partial charge in [-0.2, -0.15) is 0 Å². The van der Waals surface area contributed by atoms with Gasteiger partial charge < -0.3 is 9.13 Å². The monoisotopic (exact) mass is 668 g/mol. The average Bonchev–Trinajstić information content (AvgIpc) is 3.86. The quantitative estimate of drug-likeness (QED) is 0.187. The third kappa shape index (κ3) is 4.25. The highest BCUT2D eigenvalue weighted by molar-refractivity contribution is 7.25. The van der Waals surface area contributed by atoms with Crippen molar-refractivity contribution in [2.75, 3.05) is 0 Å². The Morgan fingerprint density at radius 3 is 1.27 bits per heavy atom. The van der Waals surface area contributed by atoms with Gasteiger partial charge in [0.05, 0.1) is 27.8 Å². The third-order valence-corrected chi connectivity index (χ3v) is 11.2.